The van der Waals surface area contributed by atoms with E-state index in [1.165, 1.54) is 0 Å². The van der Waals surface area contributed by atoms with E-state index in [1.807, 2.05) is 23.8 Å². The van der Waals surface area contributed by atoms with Crippen LogP contribution in [0.4, 0.5) is 0 Å². The predicted octanol–water partition coefficient (Wildman–Crippen LogP) is 0.652. The van der Waals surface area contributed by atoms with Crippen molar-refractivity contribution in [2.24, 2.45) is 0 Å². The maximum Gasteiger partial charge on any atom is 0.482 e. The van der Waals surface area contributed by atoms with Gasteiger partial charge in [-0.2, -0.15) is 0 Å². The molecule has 0 fully saturated rings. The standard InChI is InChI=1S/C6H8OS.BH2O2/c1-2-7-6-3-4-8-5-6;2-1-3/h3-5H,2H2,1H3;2-3H. The summed E-state index contributed by atoms with van der Waals surface area (Å²) in [5.41, 5.74) is 0. The van der Waals surface area contributed by atoms with Crippen molar-refractivity contribution < 1.29 is 14.8 Å². The Labute approximate surface area is 70.6 Å². The molecule has 0 aliphatic rings. The Hall–Kier alpha value is -0.515. The molecule has 0 aliphatic carbocycles. The fourth-order valence-electron chi connectivity index (χ4n) is 0.501. The molecule has 11 heavy (non-hydrogen) atoms. The lowest BCUT2D eigenvalue weighted by molar-refractivity contribution is 0.342. The molecule has 0 saturated heterocycles. The van der Waals surface area contributed by atoms with Gasteiger partial charge >= 0.3 is 7.69 Å². The van der Waals surface area contributed by atoms with Crippen LogP contribution in [0, 0.1) is 0 Å². The van der Waals surface area contributed by atoms with Crippen LogP contribution in [-0.4, -0.2) is 24.3 Å². The Morgan fingerprint density at radius 2 is 2.27 bits per heavy atom. The van der Waals surface area contributed by atoms with E-state index >= 15 is 0 Å². The molecule has 0 amide bonds. The Morgan fingerprint density at radius 1 is 1.64 bits per heavy atom. The predicted molar refractivity (Wildman–Crippen MR) is 45.7 cm³/mol. The largest absolute Gasteiger partial charge is 0.493 e. The number of ether oxygens (including phenoxy) is 1. The second-order valence-electron chi connectivity index (χ2n) is 1.51. The highest BCUT2D eigenvalue weighted by atomic mass is 32.1. The van der Waals surface area contributed by atoms with Gasteiger partial charge in [-0.05, 0) is 18.4 Å². The second-order valence-corrected chi connectivity index (χ2v) is 2.29. The molecule has 1 rings (SSSR count). The molecule has 2 N–H and O–H groups in total. The minimum Gasteiger partial charge on any atom is -0.493 e. The Balaban J connectivity index is 0.000000292. The summed E-state index contributed by atoms with van der Waals surface area (Å²) in [5, 5.41) is 18.0. The summed E-state index contributed by atoms with van der Waals surface area (Å²) in [6.45, 7) is 2.74. The van der Waals surface area contributed by atoms with E-state index in [4.69, 9.17) is 14.8 Å². The summed E-state index contributed by atoms with van der Waals surface area (Å²) in [6, 6.07) is 1.97. The number of hydrogen-bond donors (Lipinski definition) is 2. The summed E-state index contributed by atoms with van der Waals surface area (Å²) in [5.74, 6) is 0.984. The highest BCUT2D eigenvalue weighted by Gasteiger charge is 1.86. The zero-order chi connectivity index (χ0) is 8.53. The molecule has 0 bridgehead atoms. The fourth-order valence-corrected chi connectivity index (χ4v) is 1.07. The number of thiophene rings is 1. The van der Waals surface area contributed by atoms with Gasteiger partial charge in [-0.25, -0.2) is 0 Å². The molecule has 0 spiro atoms. The minimum absolute atomic E-state index is 0. The van der Waals surface area contributed by atoms with Crippen molar-refractivity contribution in [3.63, 3.8) is 0 Å². The van der Waals surface area contributed by atoms with Crippen molar-refractivity contribution in [2.75, 3.05) is 6.61 Å². The van der Waals surface area contributed by atoms with E-state index in [2.05, 4.69) is 0 Å². The normalized spacial score (nSPS) is 7.91. The van der Waals surface area contributed by atoms with Crippen LogP contribution in [0.25, 0.3) is 0 Å². The molecule has 1 aromatic heterocycles. The quantitative estimate of drug-likeness (QED) is 0.645. The molecule has 0 aliphatic heterocycles. The van der Waals surface area contributed by atoms with Gasteiger partial charge in [-0.3, -0.25) is 0 Å². The molecule has 1 aromatic rings. The molecule has 3 nitrogen and oxygen atoms in total. The number of hydrogen-bond acceptors (Lipinski definition) is 4. The van der Waals surface area contributed by atoms with Crippen molar-refractivity contribution in [3.05, 3.63) is 16.8 Å². The van der Waals surface area contributed by atoms with Gasteiger partial charge in [0.05, 0.1) is 6.61 Å². The van der Waals surface area contributed by atoms with Crippen LogP contribution in [0.5, 0.6) is 5.75 Å². The van der Waals surface area contributed by atoms with Gasteiger partial charge in [0, 0.05) is 5.38 Å². The number of rotatable bonds is 2. The second kappa shape index (κ2) is 7.59. The Kier molecular flexibility index (Phi) is 7.23. The summed E-state index contributed by atoms with van der Waals surface area (Å²) < 4.78 is 5.16. The van der Waals surface area contributed by atoms with E-state index in [0.717, 1.165) is 12.4 Å². The average Bonchev–Trinajstić information content (AvgIpc) is 2.42. The fraction of sp³-hybridized carbons (Fsp3) is 0.333. The van der Waals surface area contributed by atoms with Gasteiger partial charge in [0.1, 0.15) is 5.75 Å². The van der Waals surface area contributed by atoms with Crippen LogP contribution in [0.15, 0.2) is 16.8 Å². The van der Waals surface area contributed by atoms with E-state index in [1.54, 1.807) is 11.3 Å². The van der Waals surface area contributed by atoms with E-state index in [0.29, 0.717) is 0 Å². The third-order valence-corrected chi connectivity index (χ3v) is 1.47. The smallest absolute Gasteiger partial charge is 0.482 e. The molecular formula is C6H10BO3S. The molecule has 1 heterocycles. The van der Waals surface area contributed by atoms with Gasteiger partial charge < -0.3 is 14.8 Å². The molecule has 0 atom stereocenters. The summed E-state index contributed by atoms with van der Waals surface area (Å²) in [4.78, 5) is 0. The van der Waals surface area contributed by atoms with Crippen molar-refractivity contribution in [2.45, 2.75) is 6.92 Å². The molecule has 0 unspecified atom stereocenters. The van der Waals surface area contributed by atoms with Gasteiger partial charge in [0.25, 0.3) is 0 Å². The van der Waals surface area contributed by atoms with Crippen molar-refractivity contribution >= 4 is 19.0 Å². The molecule has 61 valence electrons. The third kappa shape index (κ3) is 5.91. The maximum atomic E-state index is 7.00. The lowest BCUT2D eigenvalue weighted by Crippen LogP contribution is -1.87. The highest BCUT2D eigenvalue weighted by Crippen LogP contribution is 2.13. The van der Waals surface area contributed by atoms with Gasteiger partial charge in [0.15, 0.2) is 0 Å². The summed E-state index contributed by atoms with van der Waals surface area (Å²) >= 11 is 1.65. The third-order valence-electron chi connectivity index (χ3n) is 0.806. The molecule has 5 heteroatoms. The average molecular weight is 173 g/mol. The van der Waals surface area contributed by atoms with Crippen molar-refractivity contribution in [3.8, 4) is 5.75 Å². The van der Waals surface area contributed by atoms with E-state index in [-0.39, 0.29) is 7.69 Å². The lowest BCUT2D eigenvalue weighted by atomic mass is 10.5. The van der Waals surface area contributed by atoms with Crippen LogP contribution in [0.3, 0.4) is 0 Å². The minimum atomic E-state index is 0. The molecular weight excluding hydrogens is 163 g/mol. The zero-order valence-corrected chi connectivity index (χ0v) is 7.04. The van der Waals surface area contributed by atoms with Gasteiger partial charge in [-0.1, -0.05) is 0 Å². The Morgan fingerprint density at radius 3 is 2.64 bits per heavy atom. The van der Waals surface area contributed by atoms with Crippen molar-refractivity contribution in [1.82, 2.24) is 0 Å². The SMILES string of the molecule is CCOc1ccsc1.O[B]O. The first-order chi connectivity index (χ1) is 5.35. The highest BCUT2D eigenvalue weighted by molar-refractivity contribution is 7.08. The first-order valence-electron chi connectivity index (χ1n) is 3.10. The first kappa shape index (κ1) is 10.5. The monoisotopic (exact) mass is 173 g/mol. The van der Waals surface area contributed by atoms with E-state index < -0.39 is 0 Å². The zero-order valence-electron chi connectivity index (χ0n) is 6.23. The topological polar surface area (TPSA) is 49.7 Å². The molecule has 1 radical (unpaired) electrons. The summed E-state index contributed by atoms with van der Waals surface area (Å²) in [6.07, 6.45) is 0. The van der Waals surface area contributed by atoms with Crippen LogP contribution in [0.1, 0.15) is 6.92 Å². The summed E-state index contributed by atoms with van der Waals surface area (Å²) in [7, 11) is 0. The van der Waals surface area contributed by atoms with Crippen molar-refractivity contribution in [1.29, 1.82) is 0 Å². The van der Waals surface area contributed by atoms with Crippen LogP contribution < -0.4 is 4.74 Å². The maximum absolute atomic E-state index is 7.00. The van der Waals surface area contributed by atoms with Gasteiger partial charge in [0.2, 0.25) is 0 Å². The van der Waals surface area contributed by atoms with E-state index in [9.17, 15) is 0 Å². The van der Waals surface area contributed by atoms with Crippen LogP contribution >= 0.6 is 11.3 Å². The van der Waals surface area contributed by atoms with Crippen LogP contribution in [-0.2, 0) is 0 Å². The first-order valence-corrected chi connectivity index (χ1v) is 4.04. The molecule has 0 saturated carbocycles. The Bertz CT molecular complexity index is 155. The van der Waals surface area contributed by atoms with Crippen LogP contribution in [0.2, 0.25) is 0 Å². The molecule has 0 aromatic carbocycles. The lowest BCUT2D eigenvalue weighted by Gasteiger charge is -1.94. The van der Waals surface area contributed by atoms with Gasteiger partial charge in [-0.15, -0.1) is 11.3 Å².